The van der Waals surface area contributed by atoms with Gasteiger partial charge in [-0.25, -0.2) is 5.32 Å². The Kier molecular flexibility index (Phi) is 1.54. The van der Waals surface area contributed by atoms with Crippen molar-refractivity contribution in [3.05, 3.63) is 0 Å². The molecule has 1 aliphatic rings. The summed E-state index contributed by atoms with van der Waals surface area (Å²) in [4.78, 5) is 5.34. The van der Waals surface area contributed by atoms with E-state index in [0.717, 1.165) is 13.1 Å². The molecule has 1 radical (unpaired) electrons. The summed E-state index contributed by atoms with van der Waals surface area (Å²) in [5, 5.41) is 12.1. The molecule has 0 N–H and O–H groups in total. The van der Waals surface area contributed by atoms with E-state index in [-0.39, 0.29) is 0 Å². The monoisotopic (exact) mass is 123 g/mol. The average molecular weight is 123 g/mol. The molecule has 0 unspecified atom stereocenters. The molecule has 1 rings (SSSR count). The normalized spacial score (nSPS) is 21.8. The smallest absolute Gasteiger partial charge is 0.231 e. The number of aliphatic imine (C=N–C) groups is 1. The fourth-order valence-corrected chi connectivity index (χ4v) is 0.686. The summed E-state index contributed by atoms with van der Waals surface area (Å²) in [5.74, 6) is 0.553. The molecule has 4 nitrogen and oxygen atoms in total. The molecule has 0 spiro atoms. The van der Waals surface area contributed by atoms with Gasteiger partial charge in [-0.1, -0.05) is 0 Å². The van der Waals surface area contributed by atoms with E-state index in [4.69, 9.17) is 5.26 Å². The van der Waals surface area contributed by atoms with E-state index in [1.54, 1.807) is 6.19 Å². The maximum Gasteiger partial charge on any atom is 0.231 e. The van der Waals surface area contributed by atoms with Crippen LogP contribution in [0.4, 0.5) is 0 Å². The Balaban J connectivity index is 2.62. The van der Waals surface area contributed by atoms with Gasteiger partial charge in [0.05, 0.1) is 6.54 Å². The molecule has 0 atom stereocenters. The molecule has 0 aromatic rings. The van der Waals surface area contributed by atoms with Crippen LogP contribution in [-0.2, 0) is 0 Å². The van der Waals surface area contributed by atoms with Gasteiger partial charge < -0.3 is 4.90 Å². The third-order valence-corrected chi connectivity index (χ3v) is 1.18. The zero-order valence-corrected chi connectivity index (χ0v) is 5.20. The number of likely N-dealkylation sites (N-methyl/N-ethyl adjacent to an activating group) is 1. The molecule has 0 aromatic carbocycles. The van der Waals surface area contributed by atoms with E-state index in [2.05, 4.69) is 10.3 Å². The zero-order valence-electron chi connectivity index (χ0n) is 5.20. The maximum absolute atomic E-state index is 8.12. The standard InChI is InChI=1S/C5H7N4/c1-9-3-2-7-5(9)8-4-6/h2-3H2,1H3/b8-5-. The summed E-state index contributed by atoms with van der Waals surface area (Å²) < 4.78 is 0. The molecule has 1 fully saturated rings. The fraction of sp³-hybridized carbons (Fsp3) is 0.600. The number of rotatable bonds is 0. The first kappa shape index (κ1) is 5.89. The summed E-state index contributed by atoms with van der Waals surface area (Å²) in [6.07, 6.45) is 1.69. The zero-order chi connectivity index (χ0) is 6.69. The fourth-order valence-electron chi connectivity index (χ4n) is 0.686. The first-order chi connectivity index (χ1) is 4.34. The predicted molar refractivity (Wildman–Crippen MR) is 32.7 cm³/mol. The summed E-state index contributed by atoms with van der Waals surface area (Å²) in [6.45, 7) is 1.64. The van der Waals surface area contributed by atoms with Crippen LogP contribution in [0.15, 0.2) is 4.99 Å². The van der Waals surface area contributed by atoms with Crippen molar-refractivity contribution in [2.24, 2.45) is 4.99 Å². The number of hydrogen-bond donors (Lipinski definition) is 0. The van der Waals surface area contributed by atoms with Gasteiger partial charge in [0.25, 0.3) is 0 Å². The first-order valence-electron chi connectivity index (χ1n) is 2.70. The highest BCUT2D eigenvalue weighted by Crippen LogP contribution is 1.92. The lowest BCUT2D eigenvalue weighted by atomic mass is 10.7. The van der Waals surface area contributed by atoms with Crippen molar-refractivity contribution in [3.63, 3.8) is 0 Å². The Morgan fingerprint density at radius 2 is 2.67 bits per heavy atom. The number of guanidine groups is 1. The van der Waals surface area contributed by atoms with E-state index >= 15 is 0 Å². The Morgan fingerprint density at radius 1 is 1.89 bits per heavy atom. The lowest BCUT2D eigenvalue weighted by Crippen LogP contribution is -2.22. The van der Waals surface area contributed by atoms with Gasteiger partial charge in [-0.05, 0) is 0 Å². The van der Waals surface area contributed by atoms with E-state index in [1.807, 2.05) is 11.9 Å². The predicted octanol–water partition coefficient (Wildman–Crippen LogP) is -0.627. The Bertz CT molecular complexity index is 166. The lowest BCUT2D eigenvalue weighted by molar-refractivity contribution is 0.563. The average Bonchev–Trinajstić information content (AvgIpc) is 2.18. The quantitative estimate of drug-likeness (QED) is 0.403. The van der Waals surface area contributed by atoms with E-state index in [0.29, 0.717) is 5.96 Å². The minimum Gasteiger partial charge on any atom is -0.342 e. The largest absolute Gasteiger partial charge is 0.342 e. The van der Waals surface area contributed by atoms with Crippen LogP contribution in [0, 0.1) is 11.5 Å². The number of hydrogen-bond acceptors (Lipinski definition) is 2. The van der Waals surface area contributed by atoms with Crippen LogP contribution >= 0.6 is 0 Å². The molecular weight excluding hydrogens is 116 g/mol. The summed E-state index contributed by atoms with van der Waals surface area (Å²) in [7, 11) is 1.87. The van der Waals surface area contributed by atoms with Crippen LogP contribution in [0.3, 0.4) is 0 Å². The number of nitriles is 1. The van der Waals surface area contributed by atoms with Gasteiger partial charge in [0.15, 0.2) is 0 Å². The van der Waals surface area contributed by atoms with E-state index in [9.17, 15) is 0 Å². The highest BCUT2D eigenvalue weighted by atomic mass is 15.3. The van der Waals surface area contributed by atoms with Crippen LogP contribution in [0.2, 0.25) is 0 Å². The summed E-state index contributed by atoms with van der Waals surface area (Å²) >= 11 is 0. The van der Waals surface area contributed by atoms with E-state index in [1.165, 1.54) is 0 Å². The molecular formula is C5H7N4. The Hall–Kier alpha value is -1.24. The van der Waals surface area contributed by atoms with Gasteiger partial charge in [-0.15, -0.1) is 4.99 Å². The molecule has 0 saturated carbocycles. The van der Waals surface area contributed by atoms with Crippen molar-refractivity contribution in [1.29, 1.82) is 5.26 Å². The lowest BCUT2D eigenvalue weighted by Gasteiger charge is -2.04. The van der Waals surface area contributed by atoms with Crippen molar-refractivity contribution < 1.29 is 0 Å². The van der Waals surface area contributed by atoms with Gasteiger partial charge in [0, 0.05) is 13.6 Å². The van der Waals surface area contributed by atoms with Crippen LogP contribution < -0.4 is 5.32 Å². The van der Waals surface area contributed by atoms with Crippen molar-refractivity contribution in [2.75, 3.05) is 20.1 Å². The second-order valence-electron chi connectivity index (χ2n) is 1.82. The van der Waals surface area contributed by atoms with Gasteiger partial charge in [-0.3, -0.25) is 0 Å². The Labute approximate surface area is 53.8 Å². The topological polar surface area (TPSA) is 53.5 Å². The third kappa shape index (κ3) is 1.11. The SMILES string of the molecule is CN1CC[N]/C1=N/C#N. The summed E-state index contributed by atoms with van der Waals surface area (Å²) in [6, 6.07) is 0. The molecule has 9 heavy (non-hydrogen) atoms. The molecule has 0 amide bonds. The van der Waals surface area contributed by atoms with Crippen molar-refractivity contribution in [3.8, 4) is 6.19 Å². The van der Waals surface area contributed by atoms with Crippen LogP contribution in [-0.4, -0.2) is 31.0 Å². The van der Waals surface area contributed by atoms with Crippen LogP contribution in [0.25, 0.3) is 0 Å². The molecule has 0 bridgehead atoms. The Morgan fingerprint density at radius 3 is 3.11 bits per heavy atom. The highest BCUT2D eigenvalue weighted by molar-refractivity contribution is 5.81. The molecule has 0 aliphatic carbocycles. The van der Waals surface area contributed by atoms with Gasteiger partial charge in [0.1, 0.15) is 0 Å². The minimum atomic E-state index is 0.553. The van der Waals surface area contributed by atoms with Crippen LogP contribution in [0.1, 0.15) is 0 Å². The molecule has 47 valence electrons. The van der Waals surface area contributed by atoms with Crippen molar-refractivity contribution >= 4 is 5.96 Å². The van der Waals surface area contributed by atoms with Crippen molar-refractivity contribution in [2.45, 2.75) is 0 Å². The molecule has 1 saturated heterocycles. The van der Waals surface area contributed by atoms with Gasteiger partial charge in [0.2, 0.25) is 12.2 Å². The molecule has 1 aliphatic heterocycles. The maximum atomic E-state index is 8.12. The first-order valence-corrected chi connectivity index (χ1v) is 2.70. The van der Waals surface area contributed by atoms with Crippen molar-refractivity contribution in [1.82, 2.24) is 10.2 Å². The van der Waals surface area contributed by atoms with Gasteiger partial charge >= 0.3 is 0 Å². The third-order valence-electron chi connectivity index (χ3n) is 1.18. The second-order valence-corrected chi connectivity index (χ2v) is 1.82. The van der Waals surface area contributed by atoms with Crippen LogP contribution in [0.5, 0.6) is 0 Å². The number of nitrogens with zero attached hydrogens (tertiary/aromatic N) is 4. The van der Waals surface area contributed by atoms with E-state index < -0.39 is 0 Å². The molecule has 4 heteroatoms. The summed E-state index contributed by atoms with van der Waals surface area (Å²) in [5.41, 5.74) is 0. The van der Waals surface area contributed by atoms with Gasteiger partial charge in [-0.2, -0.15) is 5.26 Å². The highest BCUT2D eigenvalue weighted by Gasteiger charge is 2.13. The molecule has 1 heterocycles. The second kappa shape index (κ2) is 2.35. The molecule has 0 aromatic heterocycles. The minimum absolute atomic E-state index is 0.553.